The standard InChI is InChI=1S/C19H33BN2O4/c1-18(2)12-8-14(18)19(3)15(9-12)25-20(26-19)16(7-11-5-6-11)22-17(23)13(21)10-24-4/h11-16H,5-10,21H2,1-4H3,(H,22,23)/t12-,13?,14-,15+,16?,19-/m0/s1. The molecule has 5 fully saturated rings. The van der Waals surface area contributed by atoms with Gasteiger partial charge in [-0.05, 0) is 49.4 Å². The largest absolute Gasteiger partial charge is 0.481 e. The topological polar surface area (TPSA) is 82.8 Å². The Bertz CT molecular complexity index is 570. The SMILES string of the molecule is COCC(N)C(=O)NC(CC1CC1)B1O[C@@H]2C[C@@H]3C[C@@H](C3(C)C)[C@]2(C)O1. The fourth-order valence-corrected chi connectivity index (χ4v) is 5.57. The van der Waals surface area contributed by atoms with Crippen LogP contribution in [0, 0.1) is 23.2 Å². The Morgan fingerprint density at radius 1 is 1.35 bits per heavy atom. The van der Waals surface area contributed by atoms with Gasteiger partial charge in [-0.2, -0.15) is 0 Å². The number of amides is 1. The van der Waals surface area contributed by atoms with Crippen molar-refractivity contribution in [1.29, 1.82) is 0 Å². The van der Waals surface area contributed by atoms with Crippen molar-refractivity contribution in [2.45, 2.75) is 76.6 Å². The molecule has 4 aliphatic carbocycles. The van der Waals surface area contributed by atoms with Gasteiger partial charge in [-0.1, -0.05) is 26.7 Å². The van der Waals surface area contributed by atoms with E-state index in [1.807, 2.05) is 0 Å². The van der Waals surface area contributed by atoms with Gasteiger partial charge in [0.25, 0.3) is 0 Å². The lowest BCUT2D eigenvalue weighted by Gasteiger charge is -2.64. The van der Waals surface area contributed by atoms with Crippen LogP contribution in [-0.2, 0) is 18.8 Å². The summed E-state index contributed by atoms with van der Waals surface area (Å²) in [5, 5.41) is 3.10. The molecule has 6 atom stereocenters. The molecule has 1 aliphatic heterocycles. The van der Waals surface area contributed by atoms with Gasteiger partial charge in [-0.3, -0.25) is 4.79 Å². The summed E-state index contributed by atoms with van der Waals surface area (Å²) < 4.78 is 18.0. The number of hydrogen-bond acceptors (Lipinski definition) is 5. The highest BCUT2D eigenvalue weighted by atomic mass is 16.7. The van der Waals surface area contributed by atoms with Crippen LogP contribution in [0.2, 0.25) is 0 Å². The summed E-state index contributed by atoms with van der Waals surface area (Å²) >= 11 is 0. The first-order chi connectivity index (χ1) is 12.3. The van der Waals surface area contributed by atoms with E-state index in [-0.39, 0.29) is 37.3 Å². The Balaban J connectivity index is 1.46. The molecule has 1 heterocycles. The molecule has 7 heteroatoms. The van der Waals surface area contributed by atoms with Crippen molar-refractivity contribution < 1.29 is 18.8 Å². The third-order valence-corrected chi connectivity index (χ3v) is 7.59. The van der Waals surface area contributed by atoms with Gasteiger partial charge < -0.3 is 25.1 Å². The van der Waals surface area contributed by atoms with E-state index in [2.05, 4.69) is 26.1 Å². The van der Waals surface area contributed by atoms with E-state index in [9.17, 15) is 4.79 Å². The third kappa shape index (κ3) is 3.01. The van der Waals surface area contributed by atoms with Crippen molar-refractivity contribution in [3.8, 4) is 0 Å². The monoisotopic (exact) mass is 364 g/mol. The number of rotatable bonds is 7. The molecular weight excluding hydrogens is 331 g/mol. The van der Waals surface area contributed by atoms with Crippen molar-refractivity contribution in [1.82, 2.24) is 5.32 Å². The lowest BCUT2D eigenvalue weighted by atomic mass is 9.43. The van der Waals surface area contributed by atoms with Gasteiger partial charge in [0.1, 0.15) is 6.04 Å². The minimum Gasteiger partial charge on any atom is -0.404 e. The predicted octanol–water partition coefficient (Wildman–Crippen LogP) is 1.51. The van der Waals surface area contributed by atoms with E-state index in [4.69, 9.17) is 19.8 Å². The first kappa shape index (κ1) is 18.7. The summed E-state index contributed by atoms with van der Waals surface area (Å²) in [5.41, 5.74) is 5.98. The summed E-state index contributed by atoms with van der Waals surface area (Å²) in [6, 6.07) is -0.660. The fraction of sp³-hybridized carbons (Fsp3) is 0.947. The molecule has 0 aromatic heterocycles. The van der Waals surface area contributed by atoms with Crippen LogP contribution in [0.5, 0.6) is 0 Å². The van der Waals surface area contributed by atoms with Gasteiger partial charge in [0.15, 0.2) is 0 Å². The Morgan fingerprint density at radius 2 is 2.08 bits per heavy atom. The molecule has 1 saturated heterocycles. The molecule has 0 aromatic rings. The second-order valence-electron chi connectivity index (χ2n) is 9.69. The molecule has 0 aromatic carbocycles. The lowest BCUT2D eigenvalue weighted by molar-refractivity contribution is -0.199. The van der Waals surface area contributed by atoms with Crippen LogP contribution in [-0.4, -0.2) is 50.4 Å². The molecule has 26 heavy (non-hydrogen) atoms. The van der Waals surface area contributed by atoms with Gasteiger partial charge in [0.2, 0.25) is 5.91 Å². The van der Waals surface area contributed by atoms with E-state index < -0.39 is 6.04 Å². The zero-order valence-corrected chi connectivity index (χ0v) is 16.5. The van der Waals surface area contributed by atoms with Gasteiger partial charge in [-0.25, -0.2) is 0 Å². The smallest absolute Gasteiger partial charge is 0.404 e. The molecule has 5 rings (SSSR count). The summed E-state index contributed by atoms with van der Waals surface area (Å²) in [6.45, 7) is 7.15. The summed E-state index contributed by atoms with van der Waals surface area (Å²) in [4.78, 5) is 12.4. The van der Waals surface area contributed by atoms with E-state index >= 15 is 0 Å². The first-order valence-corrected chi connectivity index (χ1v) is 10.1. The Morgan fingerprint density at radius 3 is 2.69 bits per heavy atom. The molecule has 2 bridgehead atoms. The van der Waals surface area contributed by atoms with Crippen LogP contribution in [0.3, 0.4) is 0 Å². The molecule has 2 unspecified atom stereocenters. The van der Waals surface area contributed by atoms with Crippen molar-refractivity contribution in [3.05, 3.63) is 0 Å². The molecule has 4 saturated carbocycles. The maximum atomic E-state index is 12.4. The van der Waals surface area contributed by atoms with Crippen LogP contribution in [0.1, 0.15) is 52.9 Å². The van der Waals surface area contributed by atoms with E-state index in [0.717, 1.165) is 18.8 Å². The number of ether oxygens (including phenoxy) is 1. The first-order valence-electron chi connectivity index (χ1n) is 10.1. The summed E-state index contributed by atoms with van der Waals surface area (Å²) in [6.07, 6.45) is 5.77. The molecule has 3 N–H and O–H groups in total. The molecule has 0 spiro atoms. The average Bonchev–Trinajstić information content (AvgIpc) is 3.31. The molecule has 1 amide bonds. The minimum atomic E-state index is -0.660. The highest BCUT2D eigenvalue weighted by Crippen LogP contribution is 2.65. The van der Waals surface area contributed by atoms with E-state index in [0.29, 0.717) is 17.3 Å². The van der Waals surface area contributed by atoms with Crippen molar-refractivity contribution in [2.75, 3.05) is 13.7 Å². The molecule has 6 nitrogen and oxygen atoms in total. The molecule has 146 valence electrons. The molecule has 5 aliphatic rings. The van der Waals surface area contributed by atoms with Crippen molar-refractivity contribution in [2.24, 2.45) is 28.9 Å². The van der Waals surface area contributed by atoms with Crippen molar-refractivity contribution >= 4 is 13.0 Å². The van der Waals surface area contributed by atoms with Crippen LogP contribution >= 0.6 is 0 Å². The maximum Gasteiger partial charge on any atom is 0.481 e. The highest BCUT2D eigenvalue weighted by molar-refractivity contribution is 6.47. The van der Waals surface area contributed by atoms with E-state index in [1.165, 1.54) is 19.3 Å². The lowest BCUT2D eigenvalue weighted by Crippen LogP contribution is -2.65. The van der Waals surface area contributed by atoms with Crippen LogP contribution in [0.15, 0.2) is 0 Å². The normalized spacial score (nSPS) is 39.7. The van der Waals surface area contributed by atoms with Gasteiger partial charge in [0, 0.05) is 7.11 Å². The zero-order chi connectivity index (χ0) is 18.7. The minimum absolute atomic E-state index is 0.135. The average molecular weight is 364 g/mol. The Kier molecular flexibility index (Phi) is 4.66. The Labute approximate surface area is 157 Å². The second-order valence-corrected chi connectivity index (χ2v) is 9.69. The molecule has 0 radical (unpaired) electrons. The van der Waals surface area contributed by atoms with Gasteiger partial charge in [0.05, 0.1) is 24.3 Å². The number of nitrogens with one attached hydrogen (secondary N) is 1. The van der Waals surface area contributed by atoms with Gasteiger partial charge in [-0.15, -0.1) is 0 Å². The van der Waals surface area contributed by atoms with Crippen LogP contribution < -0.4 is 11.1 Å². The van der Waals surface area contributed by atoms with Crippen LogP contribution in [0.4, 0.5) is 0 Å². The van der Waals surface area contributed by atoms with Crippen LogP contribution in [0.25, 0.3) is 0 Å². The van der Waals surface area contributed by atoms with Gasteiger partial charge >= 0.3 is 7.12 Å². The molecular formula is C19H33BN2O4. The van der Waals surface area contributed by atoms with Crippen molar-refractivity contribution in [3.63, 3.8) is 0 Å². The number of nitrogens with two attached hydrogens (primary N) is 1. The number of hydrogen-bond donors (Lipinski definition) is 2. The second kappa shape index (κ2) is 6.47. The summed E-state index contributed by atoms with van der Waals surface area (Å²) in [7, 11) is 1.18. The summed E-state index contributed by atoms with van der Waals surface area (Å²) in [5.74, 6) is 1.58. The zero-order valence-electron chi connectivity index (χ0n) is 16.5. The highest BCUT2D eigenvalue weighted by Gasteiger charge is 2.68. The quantitative estimate of drug-likeness (QED) is 0.670. The number of carbonyl (C=O) groups is 1. The number of carbonyl (C=O) groups excluding carboxylic acids is 1. The maximum absolute atomic E-state index is 12.4. The fourth-order valence-electron chi connectivity index (χ4n) is 5.57. The number of methoxy groups -OCH3 is 1. The Hall–Kier alpha value is -0.625. The third-order valence-electron chi connectivity index (χ3n) is 7.59. The van der Waals surface area contributed by atoms with E-state index in [1.54, 1.807) is 7.11 Å². The predicted molar refractivity (Wildman–Crippen MR) is 99.2 cm³/mol.